The van der Waals surface area contributed by atoms with Crippen LogP contribution in [0.25, 0.3) is 0 Å². The molecule has 0 saturated carbocycles. The normalized spacial score (nSPS) is 13.1. The Morgan fingerprint density at radius 3 is 2.59 bits per heavy atom. The molecule has 0 aliphatic carbocycles. The minimum absolute atomic E-state index is 0.0246. The van der Waals surface area contributed by atoms with Crippen molar-refractivity contribution in [3.8, 4) is 0 Å². The second-order valence-electron chi connectivity index (χ2n) is 3.72. The number of hydrogen-bond acceptors (Lipinski definition) is 3. The molecule has 0 saturated heterocycles. The van der Waals surface area contributed by atoms with Gasteiger partial charge in [-0.3, -0.25) is 0 Å². The molecular formula is C12H17BrFNO2. The Hall–Kier alpha value is -0.490. The molecule has 5 heteroatoms. The van der Waals surface area contributed by atoms with E-state index in [2.05, 4.69) is 21.2 Å². The fourth-order valence-corrected chi connectivity index (χ4v) is 1.96. The van der Waals surface area contributed by atoms with E-state index in [4.69, 9.17) is 9.47 Å². The van der Waals surface area contributed by atoms with Gasteiger partial charge in [-0.15, -0.1) is 0 Å². The third-order valence-electron chi connectivity index (χ3n) is 2.52. The molecule has 0 bridgehead atoms. The molecule has 0 fully saturated rings. The summed E-state index contributed by atoms with van der Waals surface area (Å²) in [6, 6.07) is 5.20. The lowest BCUT2D eigenvalue weighted by Crippen LogP contribution is -2.39. The molecule has 1 N–H and O–H groups in total. The van der Waals surface area contributed by atoms with E-state index in [1.54, 1.807) is 32.4 Å². The molecule has 0 aliphatic rings. The third-order valence-corrected chi connectivity index (χ3v) is 3.13. The average Bonchev–Trinajstić information content (AvgIpc) is 2.32. The largest absolute Gasteiger partial charge is 0.354 e. The minimum Gasteiger partial charge on any atom is -0.354 e. The van der Waals surface area contributed by atoms with Gasteiger partial charge in [0.15, 0.2) is 6.29 Å². The second-order valence-corrected chi connectivity index (χ2v) is 4.58. The van der Waals surface area contributed by atoms with Crippen LogP contribution in [0.15, 0.2) is 22.7 Å². The van der Waals surface area contributed by atoms with Gasteiger partial charge in [0.2, 0.25) is 0 Å². The molecule has 1 rings (SSSR count). The maximum Gasteiger partial charge on any atom is 0.171 e. The van der Waals surface area contributed by atoms with Crippen molar-refractivity contribution in [3.05, 3.63) is 34.1 Å². The maximum atomic E-state index is 13.7. The monoisotopic (exact) mass is 305 g/mol. The highest BCUT2D eigenvalue weighted by molar-refractivity contribution is 9.10. The molecule has 1 aromatic rings. The van der Waals surface area contributed by atoms with Crippen LogP contribution in [0.5, 0.6) is 0 Å². The van der Waals surface area contributed by atoms with Crippen LogP contribution in [0.1, 0.15) is 12.5 Å². The quantitative estimate of drug-likeness (QED) is 0.820. The van der Waals surface area contributed by atoms with Crippen LogP contribution in [0.4, 0.5) is 4.39 Å². The third kappa shape index (κ3) is 4.03. The Kier molecular flexibility index (Phi) is 6.05. The van der Waals surface area contributed by atoms with Gasteiger partial charge in [0, 0.05) is 26.3 Å². The number of methoxy groups -OCH3 is 2. The highest BCUT2D eigenvalue weighted by Gasteiger charge is 2.15. The predicted octanol–water partition coefficient (Wildman–Crippen LogP) is 2.69. The second kappa shape index (κ2) is 7.06. The number of rotatable bonds is 6. The first-order chi connectivity index (χ1) is 8.10. The summed E-state index contributed by atoms with van der Waals surface area (Å²) in [5, 5.41) is 3.16. The molecule has 3 nitrogen and oxygen atoms in total. The summed E-state index contributed by atoms with van der Waals surface area (Å²) in [6.45, 7) is 2.35. The lowest BCUT2D eigenvalue weighted by atomic mass is 10.2. The van der Waals surface area contributed by atoms with Gasteiger partial charge in [-0.2, -0.15) is 0 Å². The van der Waals surface area contributed by atoms with Crippen molar-refractivity contribution in [1.82, 2.24) is 5.32 Å². The van der Waals surface area contributed by atoms with Crippen molar-refractivity contribution >= 4 is 15.9 Å². The van der Waals surface area contributed by atoms with E-state index in [1.165, 1.54) is 0 Å². The lowest BCUT2D eigenvalue weighted by molar-refractivity contribution is -0.119. The maximum absolute atomic E-state index is 13.7. The molecule has 96 valence electrons. The Morgan fingerprint density at radius 1 is 1.35 bits per heavy atom. The van der Waals surface area contributed by atoms with E-state index in [0.717, 1.165) is 0 Å². The van der Waals surface area contributed by atoms with Crippen LogP contribution < -0.4 is 5.32 Å². The predicted molar refractivity (Wildman–Crippen MR) is 68.2 cm³/mol. The van der Waals surface area contributed by atoms with E-state index in [-0.39, 0.29) is 18.1 Å². The zero-order chi connectivity index (χ0) is 12.8. The summed E-state index contributed by atoms with van der Waals surface area (Å²) in [5.74, 6) is -0.237. The van der Waals surface area contributed by atoms with Crippen LogP contribution >= 0.6 is 15.9 Å². The summed E-state index contributed by atoms with van der Waals surface area (Å²) in [5.41, 5.74) is 0.609. The Bertz CT molecular complexity index is 358. The molecule has 0 aromatic heterocycles. The molecular weight excluding hydrogens is 289 g/mol. The van der Waals surface area contributed by atoms with Crippen LogP contribution in [-0.2, 0) is 16.0 Å². The average molecular weight is 306 g/mol. The lowest BCUT2D eigenvalue weighted by Gasteiger charge is -2.22. The summed E-state index contributed by atoms with van der Waals surface area (Å²) in [4.78, 5) is 0. The Morgan fingerprint density at radius 2 is 2.00 bits per heavy atom. The number of ether oxygens (including phenoxy) is 2. The zero-order valence-electron chi connectivity index (χ0n) is 10.2. The smallest absolute Gasteiger partial charge is 0.171 e. The summed E-state index contributed by atoms with van der Waals surface area (Å²) in [7, 11) is 3.15. The molecule has 1 atom stereocenters. The molecule has 0 amide bonds. The number of nitrogens with one attached hydrogen (secondary N) is 1. The minimum atomic E-state index is -0.342. The van der Waals surface area contributed by atoms with Crippen molar-refractivity contribution in [2.24, 2.45) is 0 Å². The standard InChI is InChI=1S/C12H17BrFNO2/c1-8(12(16-2)17-3)15-7-9-5-4-6-10(13)11(9)14/h4-6,8,12,15H,7H2,1-3H3. The number of benzene rings is 1. The number of halogens is 2. The Balaban J connectivity index is 2.58. The zero-order valence-corrected chi connectivity index (χ0v) is 11.8. The highest BCUT2D eigenvalue weighted by Crippen LogP contribution is 2.18. The first kappa shape index (κ1) is 14.6. The molecule has 0 radical (unpaired) electrons. The fourth-order valence-electron chi connectivity index (χ4n) is 1.56. The molecule has 1 aromatic carbocycles. The van der Waals surface area contributed by atoms with E-state index in [1.807, 2.05) is 6.92 Å². The van der Waals surface area contributed by atoms with Crippen LogP contribution in [0, 0.1) is 5.82 Å². The summed E-state index contributed by atoms with van der Waals surface area (Å²) < 4.78 is 24.4. The van der Waals surface area contributed by atoms with E-state index >= 15 is 0 Å². The van der Waals surface area contributed by atoms with Gasteiger partial charge in [-0.25, -0.2) is 4.39 Å². The van der Waals surface area contributed by atoms with Gasteiger partial charge in [0.25, 0.3) is 0 Å². The van der Waals surface area contributed by atoms with Gasteiger partial charge in [0.1, 0.15) is 5.82 Å². The van der Waals surface area contributed by atoms with Crippen molar-refractivity contribution in [2.45, 2.75) is 25.8 Å². The molecule has 0 aliphatic heterocycles. The van der Waals surface area contributed by atoms with Gasteiger partial charge in [-0.1, -0.05) is 12.1 Å². The van der Waals surface area contributed by atoms with Gasteiger partial charge in [0.05, 0.1) is 10.5 Å². The van der Waals surface area contributed by atoms with Crippen LogP contribution in [0.2, 0.25) is 0 Å². The SMILES string of the molecule is COC(OC)C(C)NCc1cccc(Br)c1F. The number of hydrogen-bond donors (Lipinski definition) is 1. The van der Waals surface area contributed by atoms with E-state index < -0.39 is 0 Å². The van der Waals surface area contributed by atoms with Crippen molar-refractivity contribution in [2.75, 3.05) is 14.2 Å². The fraction of sp³-hybridized carbons (Fsp3) is 0.500. The van der Waals surface area contributed by atoms with Crippen molar-refractivity contribution in [1.29, 1.82) is 0 Å². The van der Waals surface area contributed by atoms with Gasteiger partial charge >= 0.3 is 0 Å². The summed E-state index contributed by atoms with van der Waals surface area (Å²) in [6.07, 6.45) is -0.342. The highest BCUT2D eigenvalue weighted by atomic mass is 79.9. The molecule has 17 heavy (non-hydrogen) atoms. The summed E-state index contributed by atoms with van der Waals surface area (Å²) >= 11 is 3.16. The van der Waals surface area contributed by atoms with Crippen molar-refractivity contribution in [3.63, 3.8) is 0 Å². The van der Waals surface area contributed by atoms with E-state index in [0.29, 0.717) is 16.6 Å². The van der Waals surface area contributed by atoms with Crippen molar-refractivity contribution < 1.29 is 13.9 Å². The van der Waals surface area contributed by atoms with Crippen LogP contribution in [0.3, 0.4) is 0 Å². The molecule has 0 heterocycles. The van der Waals surface area contributed by atoms with E-state index in [9.17, 15) is 4.39 Å². The first-order valence-electron chi connectivity index (χ1n) is 5.32. The molecule has 0 spiro atoms. The topological polar surface area (TPSA) is 30.5 Å². The van der Waals surface area contributed by atoms with Gasteiger partial charge in [-0.05, 0) is 28.9 Å². The molecule has 1 unspecified atom stereocenters. The Labute approximate surface area is 109 Å². The van der Waals surface area contributed by atoms with Crippen LogP contribution in [-0.4, -0.2) is 26.6 Å². The van der Waals surface area contributed by atoms with Gasteiger partial charge < -0.3 is 14.8 Å². The first-order valence-corrected chi connectivity index (χ1v) is 6.11.